The summed E-state index contributed by atoms with van der Waals surface area (Å²) in [6.07, 6.45) is -9.61. The Morgan fingerprint density at radius 1 is 1.21 bits per heavy atom. The Morgan fingerprint density at radius 3 is 2.11 bits per heavy atom. The third-order valence-corrected chi connectivity index (χ3v) is 2.72. The zero-order valence-electron chi connectivity index (χ0n) is 10.2. The summed E-state index contributed by atoms with van der Waals surface area (Å²) in [5, 5.41) is 5.78. The van der Waals surface area contributed by atoms with Gasteiger partial charge in [-0.2, -0.15) is 31.4 Å². The van der Waals surface area contributed by atoms with E-state index in [9.17, 15) is 26.3 Å². The molecule has 1 aromatic rings. The van der Waals surface area contributed by atoms with Gasteiger partial charge in [-0.1, -0.05) is 0 Å². The minimum Gasteiger partial charge on any atom is -0.311 e. The third-order valence-electron chi connectivity index (χ3n) is 2.72. The van der Waals surface area contributed by atoms with Crippen molar-refractivity contribution >= 4 is 0 Å². The molecule has 9 heteroatoms. The number of nitrogens with one attached hydrogen (secondary N) is 1. The highest BCUT2D eigenvalue weighted by Gasteiger charge is 2.60. The van der Waals surface area contributed by atoms with Crippen LogP contribution in [0, 0.1) is 5.92 Å². The third kappa shape index (κ3) is 3.40. The van der Waals surface area contributed by atoms with E-state index in [1.54, 1.807) is 6.92 Å². The van der Waals surface area contributed by atoms with E-state index in [1.807, 2.05) is 0 Å². The zero-order valence-corrected chi connectivity index (χ0v) is 10.2. The first kappa shape index (κ1) is 15.8. The number of nitrogens with zero attached hydrogens (tertiary/aromatic N) is 2. The maximum absolute atomic E-state index is 12.7. The summed E-state index contributed by atoms with van der Waals surface area (Å²) in [5.41, 5.74) is -0.148. The number of aryl methyl sites for hydroxylation is 1. The molecule has 0 fully saturated rings. The monoisotopic (exact) mass is 289 g/mol. The number of rotatable bonds is 4. The molecule has 1 aromatic heterocycles. The van der Waals surface area contributed by atoms with Crippen LogP contribution in [0.5, 0.6) is 0 Å². The molecule has 0 bridgehead atoms. The Bertz CT molecular complexity index is 394. The molecule has 0 aromatic carbocycles. The first-order valence-corrected chi connectivity index (χ1v) is 5.45. The Labute approximate surface area is 105 Å². The fraction of sp³-hybridized carbons (Fsp3) is 0.700. The van der Waals surface area contributed by atoms with Gasteiger partial charge in [0.05, 0.1) is 11.7 Å². The van der Waals surface area contributed by atoms with Crippen LogP contribution in [-0.2, 0) is 6.54 Å². The average molecular weight is 289 g/mol. The van der Waals surface area contributed by atoms with Gasteiger partial charge in [0.25, 0.3) is 0 Å². The lowest BCUT2D eigenvalue weighted by molar-refractivity contribution is -0.292. The molecule has 0 aliphatic rings. The number of hydrogen-bond acceptors (Lipinski definition) is 2. The topological polar surface area (TPSA) is 29.9 Å². The summed E-state index contributed by atoms with van der Waals surface area (Å²) in [4.78, 5) is 0. The molecule has 0 saturated carbocycles. The van der Waals surface area contributed by atoms with E-state index < -0.39 is 24.3 Å². The number of halogens is 6. The van der Waals surface area contributed by atoms with E-state index in [0.29, 0.717) is 0 Å². The standard InChI is InChI=1S/C10H13F6N3/c1-3-19-6(4-5-18-19)7(17-2)8(9(11,12)13)10(14,15)16/h4-5,7-8,17H,3H2,1-2H3. The maximum atomic E-state index is 12.7. The van der Waals surface area contributed by atoms with E-state index >= 15 is 0 Å². The van der Waals surface area contributed by atoms with E-state index in [4.69, 9.17) is 0 Å². The lowest BCUT2D eigenvalue weighted by Gasteiger charge is -2.30. The van der Waals surface area contributed by atoms with Crippen molar-refractivity contribution in [1.29, 1.82) is 0 Å². The quantitative estimate of drug-likeness (QED) is 0.864. The molecule has 0 saturated heterocycles. The van der Waals surface area contributed by atoms with Gasteiger partial charge < -0.3 is 5.32 Å². The number of alkyl halides is 6. The van der Waals surface area contributed by atoms with Crippen molar-refractivity contribution in [2.45, 2.75) is 31.9 Å². The van der Waals surface area contributed by atoms with Crippen LogP contribution in [0.1, 0.15) is 18.7 Å². The van der Waals surface area contributed by atoms with Gasteiger partial charge in [-0.3, -0.25) is 4.68 Å². The van der Waals surface area contributed by atoms with E-state index in [-0.39, 0.29) is 12.2 Å². The normalized spacial score (nSPS) is 15.0. The molecule has 110 valence electrons. The van der Waals surface area contributed by atoms with Gasteiger partial charge in [0.15, 0.2) is 5.92 Å². The molecule has 19 heavy (non-hydrogen) atoms. The average Bonchev–Trinajstić information content (AvgIpc) is 2.69. The van der Waals surface area contributed by atoms with Crippen LogP contribution in [0.3, 0.4) is 0 Å². The highest BCUT2D eigenvalue weighted by atomic mass is 19.4. The summed E-state index contributed by atoms with van der Waals surface area (Å²) in [6.45, 7) is 1.77. The lowest BCUT2D eigenvalue weighted by Crippen LogP contribution is -2.45. The minimum atomic E-state index is -5.39. The van der Waals surface area contributed by atoms with E-state index in [2.05, 4.69) is 10.4 Å². The van der Waals surface area contributed by atoms with Crippen LogP contribution in [0.2, 0.25) is 0 Å². The SMILES string of the molecule is CCn1nccc1C(NC)C(C(F)(F)F)C(F)(F)F. The van der Waals surface area contributed by atoms with Crippen molar-refractivity contribution in [3.8, 4) is 0 Å². The van der Waals surface area contributed by atoms with Crippen molar-refractivity contribution in [3.05, 3.63) is 18.0 Å². The van der Waals surface area contributed by atoms with Gasteiger partial charge >= 0.3 is 12.4 Å². The highest BCUT2D eigenvalue weighted by molar-refractivity contribution is 5.10. The molecule has 1 N–H and O–H groups in total. The Hall–Kier alpha value is -1.25. The fourth-order valence-corrected chi connectivity index (χ4v) is 1.92. The molecule has 3 nitrogen and oxygen atoms in total. The second kappa shape index (κ2) is 5.40. The minimum absolute atomic E-state index is 0.148. The van der Waals surface area contributed by atoms with Crippen LogP contribution in [0.25, 0.3) is 0 Å². The predicted molar refractivity (Wildman–Crippen MR) is 55.3 cm³/mol. The van der Waals surface area contributed by atoms with Gasteiger partial charge in [0.1, 0.15) is 0 Å². The number of aromatic nitrogens is 2. The molecule has 1 atom stereocenters. The predicted octanol–water partition coefficient (Wildman–Crippen LogP) is 2.90. The van der Waals surface area contributed by atoms with Gasteiger partial charge in [0.2, 0.25) is 0 Å². The maximum Gasteiger partial charge on any atom is 0.402 e. The summed E-state index contributed by atoms with van der Waals surface area (Å²) >= 11 is 0. The van der Waals surface area contributed by atoms with Crippen molar-refractivity contribution in [2.24, 2.45) is 5.92 Å². The smallest absolute Gasteiger partial charge is 0.311 e. The highest BCUT2D eigenvalue weighted by Crippen LogP contribution is 2.46. The summed E-state index contributed by atoms with van der Waals surface area (Å²) in [7, 11) is 1.06. The summed E-state index contributed by atoms with van der Waals surface area (Å²) < 4.78 is 77.2. The Balaban J connectivity index is 3.26. The second-order valence-corrected chi connectivity index (χ2v) is 3.90. The van der Waals surface area contributed by atoms with Gasteiger partial charge in [-0.15, -0.1) is 0 Å². The van der Waals surface area contributed by atoms with Crippen molar-refractivity contribution < 1.29 is 26.3 Å². The van der Waals surface area contributed by atoms with E-state index in [0.717, 1.165) is 17.8 Å². The Morgan fingerprint density at radius 2 is 1.74 bits per heavy atom. The molecule has 0 spiro atoms. The van der Waals surface area contributed by atoms with Gasteiger partial charge in [-0.05, 0) is 20.0 Å². The fourth-order valence-electron chi connectivity index (χ4n) is 1.92. The second-order valence-electron chi connectivity index (χ2n) is 3.90. The summed E-state index contributed by atoms with van der Waals surface area (Å²) in [5.74, 6) is -3.48. The van der Waals surface area contributed by atoms with Crippen molar-refractivity contribution in [1.82, 2.24) is 15.1 Å². The van der Waals surface area contributed by atoms with Crippen LogP contribution in [-0.4, -0.2) is 29.2 Å². The van der Waals surface area contributed by atoms with Crippen LogP contribution < -0.4 is 5.32 Å². The first-order valence-electron chi connectivity index (χ1n) is 5.45. The molecule has 0 amide bonds. The van der Waals surface area contributed by atoms with Gasteiger partial charge in [-0.25, -0.2) is 0 Å². The molecule has 0 aliphatic carbocycles. The van der Waals surface area contributed by atoms with E-state index in [1.165, 1.54) is 6.20 Å². The Kier molecular flexibility index (Phi) is 4.49. The summed E-state index contributed by atoms with van der Waals surface area (Å²) in [6, 6.07) is -0.780. The first-order chi connectivity index (χ1) is 8.62. The molecule has 1 heterocycles. The largest absolute Gasteiger partial charge is 0.402 e. The van der Waals surface area contributed by atoms with Crippen LogP contribution in [0.15, 0.2) is 12.3 Å². The van der Waals surface area contributed by atoms with Crippen molar-refractivity contribution in [2.75, 3.05) is 7.05 Å². The molecule has 1 unspecified atom stereocenters. The molecule has 0 aliphatic heterocycles. The zero-order chi connectivity index (χ0) is 14.8. The molecular formula is C10H13F6N3. The molecule has 0 radical (unpaired) electrons. The van der Waals surface area contributed by atoms with Gasteiger partial charge in [0, 0.05) is 12.7 Å². The lowest BCUT2D eigenvalue weighted by atomic mass is 9.95. The van der Waals surface area contributed by atoms with Crippen LogP contribution >= 0.6 is 0 Å². The molecule has 1 rings (SSSR count). The molecular weight excluding hydrogens is 276 g/mol. The number of hydrogen-bond donors (Lipinski definition) is 1. The van der Waals surface area contributed by atoms with Crippen LogP contribution in [0.4, 0.5) is 26.3 Å². The van der Waals surface area contributed by atoms with Crippen molar-refractivity contribution in [3.63, 3.8) is 0 Å².